The van der Waals surface area contributed by atoms with E-state index in [1.807, 2.05) is 13.0 Å². The predicted octanol–water partition coefficient (Wildman–Crippen LogP) is 7.28. The molecule has 0 amide bonds. The molecule has 4 rings (SSSR count). The van der Waals surface area contributed by atoms with E-state index in [9.17, 15) is 24.3 Å². The monoisotopic (exact) mass is 546 g/mol. The van der Waals surface area contributed by atoms with Crippen molar-refractivity contribution in [1.82, 2.24) is 0 Å². The Morgan fingerprint density at radius 3 is 2.30 bits per heavy atom. The smallest absolute Gasteiger partial charge is 0.193 e. The van der Waals surface area contributed by atoms with Crippen LogP contribution in [0.5, 0.6) is 5.75 Å². The number of allylic oxidation sites excluding steroid dienone is 3. The van der Waals surface area contributed by atoms with Gasteiger partial charge in [0.05, 0.1) is 12.0 Å². The number of phenolic OH excluding ortho intramolecular Hbond substituents is 1. The quantitative estimate of drug-likeness (QED) is 0.287. The van der Waals surface area contributed by atoms with E-state index in [0.29, 0.717) is 30.4 Å². The van der Waals surface area contributed by atoms with Crippen LogP contribution in [-0.2, 0) is 27.2 Å². The fourth-order valence-corrected chi connectivity index (χ4v) is 8.85. The summed E-state index contributed by atoms with van der Waals surface area (Å²) in [6.07, 6.45) is 1.78. The Hall–Kier alpha value is -2.82. The molecule has 0 spiro atoms. The molecule has 0 bridgehead atoms. The number of fused-ring (bicyclic) bond motifs is 3. The SMILES string of the molecule is C=C(C)C1C(=O)C[C@@]2(C)C[C@@]3(C)Cc4c(C(C)C)cc(CC(=O)CC(=O)CC)c(O)c4C(=O)C3=C(C)[C@@]2(C)C1C. The highest BCUT2D eigenvalue weighted by Crippen LogP contribution is 2.69. The molecule has 2 unspecified atom stereocenters. The normalized spacial score (nSPS) is 31.6. The van der Waals surface area contributed by atoms with Gasteiger partial charge in [-0.25, -0.2) is 0 Å². The highest BCUT2D eigenvalue weighted by Gasteiger charge is 2.64. The fourth-order valence-electron chi connectivity index (χ4n) is 8.85. The molecule has 3 aliphatic rings. The van der Waals surface area contributed by atoms with Crippen molar-refractivity contribution in [2.24, 2.45) is 28.1 Å². The Labute approximate surface area is 239 Å². The zero-order valence-electron chi connectivity index (χ0n) is 25.8. The Kier molecular flexibility index (Phi) is 7.48. The molecule has 1 N–H and O–H groups in total. The zero-order chi connectivity index (χ0) is 30.1. The van der Waals surface area contributed by atoms with Crippen LogP contribution in [0.4, 0.5) is 0 Å². The van der Waals surface area contributed by atoms with Gasteiger partial charge in [0.1, 0.15) is 23.1 Å². The summed E-state index contributed by atoms with van der Waals surface area (Å²) >= 11 is 0. The Morgan fingerprint density at radius 2 is 1.75 bits per heavy atom. The van der Waals surface area contributed by atoms with Gasteiger partial charge < -0.3 is 5.11 Å². The minimum Gasteiger partial charge on any atom is -0.507 e. The van der Waals surface area contributed by atoms with Crippen LogP contribution >= 0.6 is 0 Å². The first-order valence-corrected chi connectivity index (χ1v) is 14.8. The first-order chi connectivity index (χ1) is 18.4. The minimum atomic E-state index is -0.487. The fraction of sp³-hybridized carbons (Fsp3) is 0.600. The Bertz CT molecular complexity index is 1380. The molecule has 1 aromatic rings. The molecule has 1 aromatic carbocycles. The molecule has 40 heavy (non-hydrogen) atoms. The maximum absolute atomic E-state index is 14.6. The third-order valence-corrected chi connectivity index (χ3v) is 11.0. The summed E-state index contributed by atoms with van der Waals surface area (Å²) in [4.78, 5) is 52.7. The standard InChI is InChI=1S/C35H46O5/c1-11-23(36)14-24(37)12-22-13-25(18(2)3)26-15-33(8)17-34(9)16-27(38)28(19(4)5)20(6)35(34,10)21(7)30(33)32(40)29(26)31(22)39/h13,18,20,28,39H,4,11-12,14-17H2,1-3,5-10H3/t20?,28?,33-,34+,35-/m1/s1. The van der Waals surface area contributed by atoms with Gasteiger partial charge in [0.15, 0.2) is 5.78 Å². The number of aromatic hydroxyl groups is 1. The van der Waals surface area contributed by atoms with Gasteiger partial charge in [-0.2, -0.15) is 0 Å². The molecule has 216 valence electrons. The van der Waals surface area contributed by atoms with E-state index in [-0.39, 0.29) is 71.3 Å². The van der Waals surface area contributed by atoms with Crippen LogP contribution in [0.15, 0.2) is 29.4 Å². The molecule has 3 aliphatic carbocycles. The number of phenols is 1. The number of hydrogen-bond donors (Lipinski definition) is 1. The lowest BCUT2D eigenvalue weighted by atomic mass is 9.39. The molecule has 5 nitrogen and oxygen atoms in total. The van der Waals surface area contributed by atoms with Crippen molar-refractivity contribution in [3.8, 4) is 5.75 Å². The summed E-state index contributed by atoms with van der Waals surface area (Å²) in [5.74, 6) is -0.665. The van der Waals surface area contributed by atoms with Crippen molar-refractivity contribution in [3.63, 3.8) is 0 Å². The third-order valence-electron chi connectivity index (χ3n) is 11.0. The summed E-state index contributed by atoms with van der Waals surface area (Å²) in [5, 5.41) is 11.5. The second-order valence-electron chi connectivity index (χ2n) is 14.0. The second-order valence-corrected chi connectivity index (χ2v) is 14.0. The van der Waals surface area contributed by atoms with Crippen molar-refractivity contribution in [3.05, 3.63) is 51.6 Å². The number of hydrogen-bond acceptors (Lipinski definition) is 5. The Balaban J connectivity index is 1.93. The van der Waals surface area contributed by atoms with Crippen LogP contribution in [0.25, 0.3) is 0 Å². The molecule has 1 fully saturated rings. The first-order valence-electron chi connectivity index (χ1n) is 14.8. The van der Waals surface area contributed by atoms with Gasteiger partial charge in [-0.1, -0.05) is 72.3 Å². The molecule has 0 heterocycles. The summed E-state index contributed by atoms with van der Waals surface area (Å²) < 4.78 is 0. The van der Waals surface area contributed by atoms with Crippen molar-refractivity contribution in [2.45, 2.75) is 107 Å². The molecule has 0 radical (unpaired) electrons. The summed E-state index contributed by atoms with van der Waals surface area (Å²) in [6, 6.07) is 1.86. The van der Waals surface area contributed by atoms with Gasteiger partial charge in [0, 0.05) is 41.7 Å². The molecule has 0 aliphatic heterocycles. The van der Waals surface area contributed by atoms with Crippen LogP contribution in [0.1, 0.15) is 121 Å². The highest BCUT2D eigenvalue weighted by atomic mass is 16.3. The van der Waals surface area contributed by atoms with Gasteiger partial charge in [-0.3, -0.25) is 19.2 Å². The minimum absolute atomic E-state index is 0.0256. The van der Waals surface area contributed by atoms with E-state index >= 15 is 0 Å². The van der Waals surface area contributed by atoms with E-state index in [2.05, 4.69) is 55.0 Å². The number of Topliss-reactive ketones (excluding diaryl/α,β-unsaturated/α-hetero) is 4. The third kappa shape index (κ3) is 4.26. The molecule has 0 saturated heterocycles. The van der Waals surface area contributed by atoms with E-state index in [4.69, 9.17) is 0 Å². The number of carbonyl (C=O) groups is 4. The summed E-state index contributed by atoms with van der Waals surface area (Å²) in [7, 11) is 0. The lowest BCUT2D eigenvalue weighted by Gasteiger charge is -2.63. The highest BCUT2D eigenvalue weighted by molar-refractivity contribution is 6.15. The lowest BCUT2D eigenvalue weighted by molar-refractivity contribution is -0.142. The number of ketones is 4. The van der Waals surface area contributed by atoms with E-state index in [1.165, 1.54) is 0 Å². The summed E-state index contributed by atoms with van der Waals surface area (Å²) in [5.41, 5.74) is 3.93. The van der Waals surface area contributed by atoms with Crippen molar-refractivity contribution in [2.75, 3.05) is 0 Å². The largest absolute Gasteiger partial charge is 0.507 e. The molecule has 5 atom stereocenters. The molecule has 0 aromatic heterocycles. The zero-order valence-corrected chi connectivity index (χ0v) is 25.8. The van der Waals surface area contributed by atoms with E-state index in [1.54, 1.807) is 6.92 Å². The molecular weight excluding hydrogens is 500 g/mol. The Morgan fingerprint density at radius 1 is 1.12 bits per heavy atom. The lowest BCUT2D eigenvalue weighted by Crippen LogP contribution is -2.59. The predicted molar refractivity (Wildman–Crippen MR) is 158 cm³/mol. The van der Waals surface area contributed by atoms with Crippen LogP contribution in [0, 0.1) is 28.1 Å². The van der Waals surface area contributed by atoms with Crippen LogP contribution in [-0.4, -0.2) is 28.2 Å². The van der Waals surface area contributed by atoms with Crippen molar-refractivity contribution < 1.29 is 24.3 Å². The topological polar surface area (TPSA) is 88.5 Å². The van der Waals surface area contributed by atoms with Crippen LogP contribution < -0.4 is 0 Å². The van der Waals surface area contributed by atoms with Crippen molar-refractivity contribution >= 4 is 23.1 Å². The molecule has 1 saturated carbocycles. The van der Waals surface area contributed by atoms with Gasteiger partial charge in [-0.05, 0) is 60.5 Å². The molecular formula is C35H46O5. The average Bonchev–Trinajstić information content (AvgIpc) is 2.82. The van der Waals surface area contributed by atoms with Gasteiger partial charge in [0.25, 0.3) is 0 Å². The maximum atomic E-state index is 14.6. The van der Waals surface area contributed by atoms with Crippen molar-refractivity contribution in [1.29, 1.82) is 0 Å². The second kappa shape index (κ2) is 9.92. The number of rotatable bonds is 7. The first kappa shape index (κ1) is 30.1. The van der Waals surface area contributed by atoms with Gasteiger partial charge in [0.2, 0.25) is 0 Å². The van der Waals surface area contributed by atoms with Crippen LogP contribution in [0.3, 0.4) is 0 Å². The van der Waals surface area contributed by atoms with E-state index < -0.39 is 10.8 Å². The average molecular weight is 547 g/mol. The van der Waals surface area contributed by atoms with Gasteiger partial charge in [-0.15, -0.1) is 0 Å². The maximum Gasteiger partial charge on any atom is 0.193 e. The number of benzene rings is 1. The summed E-state index contributed by atoms with van der Waals surface area (Å²) in [6.45, 7) is 22.7. The number of carbonyl (C=O) groups excluding carboxylic acids is 4. The van der Waals surface area contributed by atoms with Crippen LogP contribution in [0.2, 0.25) is 0 Å². The van der Waals surface area contributed by atoms with Gasteiger partial charge >= 0.3 is 0 Å². The molecule has 5 heteroatoms. The van der Waals surface area contributed by atoms with E-state index in [0.717, 1.165) is 27.8 Å².